The second-order valence-electron chi connectivity index (χ2n) is 2.62. The lowest BCUT2D eigenvalue weighted by atomic mass is 10.1. The fourth-order valence-corrected chi connectivity index (χ4v) is 1.34. The highest BCUT2D eigenvalue weighted by Crippen LogP contribution is 2.25. The Balaban J connectivity index is 3.31. The van der Waals surface area contributed by atoms with E-state index in [4.69, 9.17) is 23.2 Å². The first-order valence-corrected chi connectivity index (χ1v) is 4.24. The summed E-state index contributed by atoms with van der Waals surface area (Å²) in [5.41, 5.74) is 1.36. The normalized spacial score (nSPS) is 10.0. The predicted molar refractivity (Wildman–Crippen MR) is 51.2 cm³/mol. The minimum Gasteiger partial charge on any atom is -0.295 e. The largest absolute Gasteiger partial charge is 0.295 e. The highest BCUT2D eigenvalue weighted by molar-refractivity contribution is 6.36. The molecule has 0 saturated carbocycles. The van der Waals surface area contributed by atoms with Crippen molar-refractivity contribution in [1.82, 2.24) is 0 Å². The number of hydrogen-bond donors (Lipinski definition) is 0. The van der Waals surface area contributed by atoms with E-state index in [2.05, 4.69) is 0 Å². The van der Waals surface area contributed by atoms with Gasteiger partial charge in [0.15, 0.2) is 5.78 Å². The van der Waals surface area contributed by atoms with Crippen molar-refractivity contribution in [1.29, 1.82) is 0 Å². The lowest BCUT2D eigenvalue weighted by molar-refractivity contribution is 0.101. The molecular formula is C9H8Cl2O. The van der Waals surface area contributed by atoms with Crippen LogP contribution in [-0.2, 0) is 0 Å². The Labute approximate surface area is 81.3 Å². The Bertz CT molecular complexity index is 308. The Kier molecular flexibility index (Phi) is 2.76. The van der Waals surface area contributed by atoms with Crippen molar-refractivity contribution in [2.24, 2.45) is 0 Å². The van der Waals surface area contributed by atoms with E-state index < -0.39 is 0 Å². The summed E-state index contributed by atoms with van der Waals surface area (Å²) in [7, 11) is 0. The fraction of sp³-hybridized carbons (Fsp3) is 0.222. The van der Waals surface area contributed by atoms with E-state index in [1.54, 1.807) is 12.1 Å². The lowest BCUT2D eigenvalue weighted by Gasteiger charge is -2.02. The van der Waals surface area contributed by atoms with Crippen molar-refractivity contribution in [2.45, 2.75) is 13.8 Å². The first-order valence-electron chi connectivity index (χ1n) is 3.49. The van der Waals surface area contributed by atoms with Gasteiger partial charge in [0, 0.05) is 15.6 Å². The van der Waals surface area contributed by atoms with E-state index in [-0.39, 0.29) is 5.78 Å². The van der Waals surface area contributed by atoms with Gasteiger partial charge in [-0.25, -0.2) is 0 Å². The number of ketones is 1. The first-order chi connectivity index (χ1) is 5.52. The van der Waals surface area contributed by atoms with Crippen LogP contribution in [0.15, 0.2) is 12.1 Å². The van der Waals surface area contributed by atoms with E-state index in [1.807, 2.05) is 6.92 Å². The van der Waals surface area contributed by atoms with Crippen molar-refractivity contribution in [3.05, 3.63) is 33.3 Å². The number of hydrogen-bond acceptors (Lipinski definition) is 1. The molecule has 0 unspecified atom stereocenters. The molecule has 0 amide bonds. The molecule has 1 aromatic rings. The van der Waals surface area contributed by atoms with E-state index in [0.717, 1.165) is 5.56 Å². The molecule has 1 rings (SSSR count). The van der Waals surface area contributed by atoms with Gasteiger partial charge in [0.05, 0.1) is 0 Å². The third-order valence-electron chi connectivity index (χ3n) is 1.69. The molecule has 3 heteroatoms. The number of carbonyl (C=O) groups excluding carboxylic acids is 1. The maximum absolute atomic E-state index is 10.9. The smallest absolute Gasteiger partial charge is 0.159 e. The monoisotopic (exact) mass is 202 g/mol. The Morgan fingerprint density at radius 1 is 1.25 bits per heavy atom. The number of benzene rings is 1. The fourth-order valence-electron chi connectivity index (χ4n) is 0.849. The molecule has 0 bridgehead atoms. The molecule has 0 aromatic heterocycles. The molecule has 0 saturated heterocycles. The van der Waals surface area contributed by atoms with Crippen LogP contribution in [0, 0.1) is 6.92 Å². The van der Waals surface area contributed by atoms with Gasteiger partial charge in [0.1, 0.15) is 0 Å². The highest BCUT2D eigenvalue weighted by Gasteiger charge is 2.06. The van der Waals surface area contributed by atoms with Crippen LogP contribution >= 0.6 is 23.2 Å². The highest BCUT2D eigenvalue weighted by atomic mass is 35.5. The van der Waals surface area contributed by atoms with Gasteiger partial charge >= 0.3 is 0 Å². The van der Waals surface area contributed by atoms with Crippen molar-refractivity contribution in [3.8, 4) is 0 Å². The van der Waals surface area contributed by atoms with Gasteiger partial charge in [0.2, 0.25) is 0 Å². The topological polar surface area (TPSA) is 17.1 Å². The van der Waals surface area contributed by atoms with Crippen molar-refractivity contribution in [3.63, 3.8) is 0 Å². The third-order valence-corrected chi connectivity index (χ3v) is 2.47. The average Bonchev–Trinajstić information content (AvgIpc) is 1.99. The van der Waals surface area contributed by atoms with Gasteiger partial charge in [-0.15, -0.1) is 0 Å². The Hall–Kier alpha value is -0.530. The van der Waals surface area contributed by atoms with Crippen molar-refractivity contribution in [2.75, 3.05) is 0 Å². The molecule has 12 heavy (non-hydrogen) atoms. The minimum absolute atomic E-state index is 0.0289. The third kappa shape index (κ3) is 1.79. The van der Waals surface area contributed by atoms with Crippen LogP contribution in [0.3, 0.4) is 0 Å². The molecule has 0 heterocycles. The summed E-state index contributed by atoms with van der Waals surface area (Å²) in [6.45, 7) is 3.30. The molecule has 1 aromatic carbocycles. The summed E-state index contributed by atoms with van der Waals surface area (Å²) in [5.74, 6) is -0.0289. The van der Waals surface area contributed by atoms with E-state index in [1.165, 1.54) is 6.92 Å². The molecule has 64 valence electrons. The molecule has 0 fully saturated rings. The second-order valence-corrected chi connectivity index (χ2v) is 3.44. The zero-order valence-corrected chi connectivity index (χ0v) is 8.33. The average molecular weight is 203 g/mol. The number of Topliss-reactive ketones (excluding diaryl/α,β-unsaturated/α-hetero) is 1. The summed E-state index contributed by atoms with van der Waals surface area (Å²) < 4.78 is 0. The summed E-state index contributed by atoms with van der Waals surface area (Å²) in [5, 5.41) is 1.07. The van der Waals surface area contributed by atoms with Crippen molar-refractivity contribution < 1.29 is 4.79 Å². The second kappa shape index (κ2) is 3.46. The predicted octanol–water partition coefficient (Wildman–Crippen LogP) is 3.50. The minimum atomic E-state index is -0.0289. The van der Waals surface area contributed by atoms with Crippen LogP contribution in [0.1, 0.15) is 22.8 Å². The Morgan fingerprint density at radius 3 is 2.00 bits per heavy atom. The molecule has 0 aliphatic carbocycles. The van der Waals surface area contributed by atoms with Crippen LogP contribution in [-0.4, -0.2) is 5.78 Å². The van der Waals surface area contributed by atoms with Gasteiger partial charge in [-0.1, -0.05) is 23.2 Å². The van der Waals surface area contributed by atoms with E-state index >= 15 is 0 Å². The maximum Gasteiger partial charge on any atom is 0.159 e. The van der Waals surface area contributed by atoms with Gasteiger partial charge in [-0.2, -0.15) is 0 Å². The summed E-state index contributed by atoms with van der Waals surface area (Å²) in [6.07, 6.45) is 0. The summed E-state index contributed by atoms with van der Waals surface area (Å²) in [4.78, 5) is 10.9. The van der Waals surface area contributed by atoms with Gasteiger partial charge in [-0.3, -0.25) is 4.79 Å². The van der Waals surface area contributed by atoms with Gasteiger partial charge in [-0.05, 0) is 31.5 Å². The molecule has 0 N–H and O–H groups in total. The summed E-state index contributed by atoms with van der Waals surface area (Å²) in [6, 6.07) is 3.26. The maximum atomic E-state index is 10.9. The zero-order valence-electron chi connectivity index (χ0n) is 6.82. The van der Waals surface area contributed by atoms with E-state index in [0.29, 0.717) is 15.6 Å². The molecule has 0 spiro atoms. The Morgan fingerprint density at radius 2 is 1.67 bits per heavy atom. The van der Waals surface area contributed by atoms with Crippen LogP contribution in [0.25, 0.3) is 0 Å². The van der Waals surface area contributed by atoms with Crippen LogP contribution < -0.4 is 0 Å². The SMILES string of the molecule is CC(=O)c1cc(Cl)c(C)c(Cl)c1. The molecule has 1 nitrogen and oxygen atoms in total. The van der Waals surface area contributed by atoms with Crippen LogP contribution in [0.4, 0.5) is 0 Å². The quantitative estimate of drug-likeness (QED) is 0.638. The van der Waals surface area contributed by atoms with Crippen LogP contribution in [0.2, 0.25) is 10.0 Å². The molecular weight excluding hydrogens is 195 g/mol. The zero-order chi connectivity index (χ0) is 9.30. The number of carbonyl (C=O) groups is 1. The summed E-state index contributed by atoms with van der Waals surface area (Å²) >= 11 is 11.7. The standard InChI is InChI=1S/C9H8Cl2O/c1-5-8(10)3-7(6(2)12)4-9(5)11/h3-4H,1-2H3. The molecule has 0 aliphatic rings. The van der Waals surface area contributed by atoms with Gasteiger partial charge in [0.25, 0.3) is 0 Å². The molecule has 0 atom stereocenters. The number of rotatable bonds is 1. The van der Waals surface area contributed by atoms with Crippen LogP contribution in [0.5, 0.6) is 0 Å². The number of halogens is 2. The van der Waals surface area contributed by atoms with Gasteiger partial charge < -0.3 is 0 Å². The van der Waals surface area contributed by atoms with E-state index in [9.17, 15) is 4.79 Å². The van der Waals surface area contributed by atoms with Crippen molar-refractivity contribution >= 4 is 29.0 Å². The molecule has 0 aliphatic heterocycles. The lowest BCUT2D eigenvalue weighted by Crippen LogP contribution is -1.92. The molecule has 0 radical (unpaired) electrons. The first kappa shape index (κ1) is 9.56.